The second-order valence-electron chi connectivity index (χ2n) is 7.21. The normalized spacial score (nSPS) is 14.7. The number of amides is 1. The third kappa shape index (κ3) is 3.49. The predicted molar refractivity (Wildman–Crippen MR) is 117 cm³/mol. The van der Waals surface area contributed by atoms with E-state index >= 15 is 0 Å². The summed E-state index contributed by atoms with van der Waals surface area (Å²) in [6.07, 6.45) is 4.32. The van der Waals surface area contributed by atoms with Crippen LogP contribution in [-0.4, -0.2) is 20.7 Å². The van der Waals surface area contributed by atoms with E-state index in [0.717, 1.165) is 40.7 Å². The van der Waals surface area contributed by atoms with Crippen molar-refractivity contribution in [1.29, 1.82) is 0 Å². The maximum atomic E-state index is 13.0. The van der Waals surface area contributed by atoms with Crippen molar-refractivity contribution in [3.05, 3.63) is 50.6 Å². The molecular weight excluding hydrogens is 390 g/mol. The molecule has 3 aromatic rings. The molecule has 1 aliphatic carbocycles. The summed E-state index contributed by atoms with van der Waals surface area (Å²) in [7, 11) is 1.75. The Morgan fingerprint density at radius 2 is 2.04 bits per heavy atom. The number of hydrogen-bond acceptors (Lipinski definition) is 5. The van der Waals surface area contributed by atoms with Gasteiger partial charge in [0.05, 0.1) is 10.6 Å². The molecule has 0 fully saturated rings. The quantitative estimate of drug-likeness (QED) is 0.512. The van der Waals surface area contributed by atoms with Gasteiger partial charge in [-0.1, -0.05) is 30.0 Å². The van der Waals surface area contributed by atoms with E-state index in [4.69, 9.17) is 4.98 Å². The number of para-hydroxylation sites is 1. The van der Waals surface area contributed by atoms with Gasteiger partial charge in [-0.3, -0.25) is 14.2 Å². The maximum absolute atomic E-state index is 13.0. The molecule has 1 N–H and O–H groups in total. The second kappa shape index (κ2) is 7.72. The highest BCUT2D eigenvalue weighted by molar-refractivity contribution is 8.00. The van der Waals surface area contributed by atoms with Gasteiger partial charge in [-0.2, -0.15) is 0 Å². The van der Waals surface area contributed by atoms with Crippen molar-refractivity contribution in [3.63, 3.8) is 0 Å². The number of nitrogens with one attached hydrogen (secondary N) is 1. The molecule has 0 radical (unpaired) electrons. The van der Waals surface area contributed by atoms with Crippen molar-refractivity contribution >= 4 is 44.9 Å². The summed E-state index contributed by atoms with van der Waals surface area (Å²) in [5.74, 6) is -0.0980. The molecule has 2 aromatic heterocycles. The fourth-order valence-electron chi connectivity index (χ4n) is 3.53. The Morgan fingerprint density at radius 3 is 2.82 bits per heavy atom. The predicted octanol–water partition coefficient (Wildman–Crippen LogP) is 4.30. The number of hydrogen-bond donors (Lipinski definition) is 1. The van der Waals surface area contributed by atoms with E-state index in [1.165, 1.54) is 28.6 Å². The molecule has 5 nitrogen and oxygen atoms in total. The average molecular weight is 414 g/mol. The summed E-state index contributed by atoms with van der Waals surface area (Å²) < 4.78 is 1.59. The van der Waals surface area contributed by atoms with Gasteiger partial charge in [0.15, 0.2) is 5.16 Å². The number of rotatable bonds is 4. The molecular formula is C21H23N3O2S2. The number of benzene rings is 1. The van der Waals surface area contributed by atoms with Crippen molar-refractivity contribution < 1.29 is 4.79 Å². The Balaban J connectivity index is 1.60. The first-order chi connectivity index (χ1) is 13.5. The molecule has 4 rings (SSSR count). The molecule has 0 aliphatic heterocycles. The van der Waals surface area contributed by atoms with E-state index in [-0.39, 0.29) is 16.7 Å². The lowest BCUT2D eigenvalue weighted by atomic mass is 9.97. The first kappa shape index (κ1) is 19.2. The Bertz CT molecular complexity index is 1120. The van der Waals surface area contributed by atoms with Crippen molar-refractivity contribution in [1.82, 2.24) is 9.55 Å². The third-order valence-electron chi connectivity index (χ3n) is 5.21. The minimum atomic E-state index is -0.371. The fourth-order valence-corrected chi connectivity index (χ4v) is 5.71. The first-order valence-electron chi connectivity index (χ1n) is 9.50. The van der Waals surface area contributed by atoms with Crippen LogP contribution in [0.15, 0.2) is 34.2 Å². The van der Waals surface area contributed by atoms with Gasteiger partial charge < -0.3 is 5.32 Å². The van der Waals surface area contributed by atoms with Crippen LogP contribution in [0.4, 0.5) is 5.69 Å². The lowest BCUT2D eigenvalue weighted by Crippen LogP contribution is -2.26. The Hall–Kier alpha value is -2.12. The highest BCUT2D eigenvalue weighted by Crippen LogP contribution is 2.35. The van der Waals surface area contributed by atoms with Crippen LogP contribution < -0.4 is 10.9 Å². The molecule has 28 heavy (non-hydrogen) atoms. The summed E-state index contributed by atoms with van der Waals surface area (Å²) >= 11 is 2.96. The number of aromatic nitrogens is 2. The number of thiophene rings is 1. The Labute approximate surface area is 172 Å². The van der Waals surface area contributed by atoms with E-state index in [2.05, 4.69) is 5.32 Å². The monoisotopic (exact) mass is 413 g/mol. The van der Waals surface area contributed by atoms with Crippen molar-refractivity contribution in [2.75, 3.05) is 5.32 Å². The molecule has 0 saturated heterocycles. The molecule has 1 unspecified atom stereocenters. The number of nitrogens with zero attached hydrogens (tertiary/aromatic N) is 2. The van der Waals surface area contributed by atoms with E-state index in [0.29, 0.717) is 5.16 Å². The molecule has 0 bridgehead atoms. The lowest BCUT2D eigenvalue weighted by molar-refractivity contribution is -0.115. The van der Waals surface area contributed by atoms with E-state index < -0.39 is 0 Å². The van der Waals surface area contributed by atoms with Gasteiger partial charge in [-0.05, 0) is 56.7 Å². The van der Waals surface area contributed by atoms with Crippen molar-refractivity contribution in [2.45, 2.75) is 49.9 Å². The first-order valence-corrected chi connectivity index (χ1v) is 11.2. The number of anilines is 1. The number of carbonyl (C=O) groups excluding carboxylic acids is 1. The van der Waals surface area contributed by atoms with Crippen LogP contribution in [0.2, 0.25) is 0 Å². The summed E-state index contributed by atoms with van der Waals surface area (Å²) in [6, 6.07) is 7.70. The molecule has 0 spiro atoms. The van der Waals surface area contributed by atoms with Gasteiger partial charge >= 0.3 is 0 Å². The van der Waals surface area contributed by atoms with Crippen molar-refractivity contribution in [3.8, 4) is 0 Å². The maximum Gasteiger partial charge on any atom is 0.262 e. The number of carbonyl (C=O) groups is 1. The minimum absolute atomic E-state index is 0.00147. The second-order valence-corrected chi connectivity index (χ2v) is 9.61. The summed E-state index contributed by atoms with van der Waals surface area (Å²) in [5, 5.41) is 3.97. The van der Waals surface area contributed by atoms with Crippen LogP contribution in [0.5, 0.6) is 0 Å². The minimum Gasteiger partial charge on any atom is -0.325 e. The van der Waals surface area contributed by atoms with Crippen LogP contribution in [0.25, 0.3) is 10.2 Å². The zero-order valence-corrected chi connectivity index (χ0v) is 17.9. The summed E-state index contributed by atoms with van der Waals surface area (Å²) in [6.45, 7) is 3.80. The van der Waals surface area contributed by atoms with Crippen LogP contribution >= 0.6 is 23.1 Å². The summed E-state index contributed by atoms with van der Waals surface area (Å²) in [5.41, 5.74) is 3.02. The zero-order valence-electron chi connectivity index (χ0n) is 16.2. The summed E-state index contributed by atoms with van der Waals surface area (Å²) in [4.78, 5) is 32.5. The van der Waals surface area contributed by atoms with Gasteiger partial charge in [-0.25, -0.2) is 4.98 Å². The topological polar surface area (TPSA) is 64.0 Å². The van der Waals surface area contributed by atoms with E-state index in [1.54, 1.807) is 23.0 Å². The lowest BCUT2D eigenvalue weighted by Gasteiger charge is -2.15. The number of thioether (sulfide) groups is 1. The highest BCUT2D eigenvalue weighted by atomic mass is 32.2. The van der Waals surface area contributed by atoms with Crippen molar-refractivity contribution in [2.24, 2.45) is 7.05 Å². The van der Waals surface area contributed by atoms with Crippen LogP contribution in [-0.2, 0) is 24.7 Å². The van der Waals surface area contributed by atoms with Gasteiger partial charge in [0.2, 0.25) is 5.91 Å². The molecule has 0 saturated carbocycles. The van der Waals surface area contributed by atoms with Crippen LogP contribution in [0.1, 0.15) is 35.8 Å². The zero-order chi connectivity index (χ0) is 19.8. The fraction of sp³-hybridized carbons (Fsp3) is 0.381. The molecule has 1 aliphatic rings. The number of fused-ring (bicyclic) bond motifs is 3. The molecule has 1 aromatic carbocycles. The standard InChI is InChI=1S/C21H23N3O2S2/c1-12-8-4-6-10-15(12)22-18(25)13(2)27-21-23-19-17(20(26)24(21)3)14-9-5-7-11-16(14)28-19/h4,6,8,10,13H,5,7,9,11H2,1-3H3,(H,22,25). The molecule has 2 heterocycles. The Kier molecular flexibility index (Phi) is 5.29. The SMILES string of the molecule is Cc1ccccc1NC(=O)C(C)Sc1nc2sc3c(c2c(=O)n1C)CCCC3. The highest BCUT2D eigenvalue weighted by Gasteiger charge is 2.23. The Morgan fingerprint density at radius 1 is 1.29 bits per heavy atom. The number of aryl methyl sites for hydroxylation is 3. The van der Waals surface area contributed by atoms with Crippen LogP contribution in [0.3, 0.4) is 0 Å². The average Bonchev–Trinajstić information content (AvgIpc) is 3.05. The van der Waals surface area contributed by atoms with E-state index in [9.17, 15) is 9.59 Å². The smallest absolute Gasteiger partial charge is 0.262 e. The molecule has 1 amide bonds. The molecule has 146 valence electrons. The van der Waals surface area contributed by atoms with Gasteiger partial charge in [0.25, 0.3) is 5.56 Å². The van der Waals surface area contributed by atoms with Gasteiger partial charge in [0, 0.05) is 17.6 Å². The molecule has 1 atom stereocenters. The van der Waals surface area contributed by atoms with Crippen LogP contribution in [0, 0.1) is 6.92 Å². The third-order valence-corrected chi connectivity index (χ3v) is 7.54. The molecule has 7 heteroatoms. The van der Waals surface area contributed by atoms with Gasteiger partial charge in [-0.15, -0.1) is 11.3 Å². The van der Waals surface area contributed by atoms with E-state index in [1.807, 2.05) is 38.1 Å². The largest absolute Gasteiger partial charge is 0.325 e. The van der Waals surface area contributed by atoms with Gasteiger partial charge in [0.1, 0.15) is 4.83 Å².